The lowest BCUT2D eigenvalue weighted by Gasteiger charge is -2.22. The molecule has 96 valence electrons. The molecule has 2 N–H and O–H groups in total. The van der Waals surface area contributed by atoms with Crippen LogP contribution < -0.4 is 5.32 Å². The van der Waals surface area contributed by atoms with Crippen LogP contribution in [-0.2, 0) is 11.2 Å². The van der Waals surface area contributed by atoms with E-state index >= 15 is 0 Å². The number of hydrogen-bond donors (Lipinski definition) is 2. The molecule has 0 heterocycles. The first-order chi connectivity index (χ1) is 8.56. The first-order valence-corrected chi connectivity index (χ1v) is 6.10. The van der Waals surface area contributed by atoms with Gasteiger partial charge in [0.15, 0.2) is 0 Å². The number of nitrogens with zero attached hydrogens (tertiary/aromatic N) is 1. The monoisotopic (exact) mass is 266 g/mol. The highest BCUT2D eigenvalue weighted by molar-refractivity contribution is 6.18. The van der Waals surface area contributed by atoms with Crippen molar-refractivity contribution < 1.29 is 9.90 Å². The molecule has 0 saturated heterocycles. The van der Waals surface area contributed by atoms with Crippen LogP contribution in [0, 0.1) is 11.3 Å². The Balaban J connectivity index is 2.75. The molecule has 1 aromatic rings. The Bertz CT molecular complexity index is 439. The Morgan fingerprint density at radius 3 is 2.56 bits per heavy atom. The van der Waals surface area contributed by atoms with E-state index in [9.17, 15) is 9.90 Å². The van der Waals surface area contributed by atoms with Crippen LogP contribution in [-0.4, -0.2) is 29.0 Å². The van der Waals surface area contributed by atoms with E-state index in [1.807, 2.05) is 6.07 Å². The predicted molar refractivity (Wildman–Crippen MR) is 69.2 cm³/mol. The smallest absolute Gasteiger partial charge is 0.217 e. The van der Waals surface area contributed by atoms with Crippen LogP contribution in [0.25, 0.3) is 0 Å². The second-order valence-corrected chi connectivity index (χ2v) is 4.35. The number of alkyl halides is 1. The van der Waals surface area contributed by atoms with Crippen molar-refractivity contribution in [3.63, 3.8) is 0 Å². The summed E-state index contributed by atoms with van der Waals surface area (Å²) >= 11 is 5.60. The molecule has 0 aliphatic rings. The van der Waals surface area contributed by atoms with E-state index in [1.54, 1.807) is 24.3 Å². The highest BCUT2D eigenvalue weighted by atomic mass is 35.5. The lowest BCUT2D eigenvalue weighted by atomic mass is 10.0. The number of benzene rings is 1. The van der Waals surface area contributed by atoms with Crippen LogP contribution in [0.5, 0.6) is 0 Å². The summed E-state index contributed by atoms with van der Waals surface area (Å²) in [6.07, 6.45) is -0.328. The fourth-order valence-corrected chi connectivity index (χ4v) is 1.84. The van der Waals surface area contributed by atoms with Gasteiger partial charge in [-0.1, -0.05) is 12.1 Å². The molecule has 5 heteroatoms. The number of halogens is 1. The van der Waals surface area contributed by atoms with E-state index < -0.39 is 12.1 Å². The van der Waals surface area contributed by atoms with Crippen molar-refractivity contribution in [2.75, 3.05) is 5.88 Å². The maximum absolute atomic E-state index is 11.1. The maximum atomic E-state index is 11.1. The number of nitrogens with one attached hydrogen (secondary N) is 1. The van der Waals surface area contributed by atoms with Gasteiger partial charge in [-0.25, -0.2) is 0 Å². The number of nitriles is 1. The van der Waals surface area contributed by atoms with Crippen molar-refractivity contribution >= 4 is 17.5 Å². The third-order valence-electron chi connectivity index (χ3n) is 2.55. The summed E-state index contributed by atoms with van der Waals surface area (Å²) in [7, 11) is 0. The van der Waals surface area contributed by atoms with Gasteiger partial charge in [0.1, 0.15) is 0 Å². The van der Waals surface area contributed by atoms with Crippen molar-refractivity contribution in [3.05, 3.63) is 35.4 Å². The number of rotatable bonds is 5. The molecule has 0 bridgehead atoms. The van der Waals surface area contributed by atoms with Gasteiger partial charge in [-0.15, -0.1) is 11.6 Å². The van der Waals surface area contributed by atoms with E-state index in [-0.39, 0.29) is 11.8 Å². The number of hydrogen-bond acceptors (Lipinski definition) is 3. The average molecular weight is 267 g/mol. The number of aliphatic hydroxyl groups excluding tert-OH is 1. The zero-order valence-electron chi connectivity index (χ0n) is 10.1. The topological polar surface area (TPSA) is 73.1 Å². The molecule has 1 amide bonds. The number of carbonyl (C=O) groups is 1. The molecular formula is C13H15ClN2O2. The molecule has 1 rings (SSSR count). The van der Waals surface area contributed by atoms with Gasteiger partial charge in [0.25, 0.3) is 0 Å². The van der Waals surface area contributed by atoms with Crippen LogP contribution in [0.1, 0.15) is 18.1 Å². The minimum atomic E-state index is -0.800. The second-order valence-electron chi connectivity index (χ2n) is 4.04. The summed E-state index contributed by atoms with van der Waals surface area (Å²) in [5, 5.41) is 21.1. The number of amides is 1. The predicted octanol–water partition coefficient (Wildman–Crippen LogP) is 1.21. The van der Waals surface area contributed by atoms with Crippen LogP contribution >= 0.6 is 11.6 Å². The molecule has 0 aliphatic heterocycles. The summed E-state index contributed by atoms with van der Waals surface area (Å²) in [5.41, 5.74) is 1.50. The minimum absolute atomic E-state index is 0.0568. The van der Waals surface area contributed by atoms with Crippen molar-refractivity contribution in [1.29, 1.82) is 5.26 Å². The molecular weight excluding hydrogens is 252 g/mol. The van der Waals surface area contributed by atoms with Gasteiger partial charge in [0.05, 0.1) is 29.7 Å². The van der Waals surface area contributed by atoms with E-state index in [0.29, 0.717) is 12.0 Å². The summed E-state index contributed by atoms with van der Waals surface area (Å²) in [6, 6.07) is 8.61. The third-order valence-corrected chi connectivity index (χ3v) is 2.87. The van der Waals surface area contributed by atoms with Crippen molar-refractivity contribution in [1.82, 2.24) is 5.32 Å². The molecule has 0 aliphatic carbocycles. The highest BCUT2D eigenvalue weighted by Gasteiger charge is 2.19. The fourth-order valence-electron chi connectivity index (χ4n) is 1.62. The van der Waals surface area contributed by atoms with Gasteiger partial charge in [-0.2, -0.15) is 5.26 Å². The maximum Gasteiger partial charge on any atom is 0.217 e. The lowest BCUT2D eigenvalue weighted by Crippen LogP contribution is -2.44. The van der Waals surface area contributed by atoms with Crippen molar-refractivity contribution in [3.8, 4) is 6.07 Å². The second kappa shape index (κ2) is 7.00. The molecule has 0 aromatic heterocycles. The van der Waals surface area contributed by atoms with Gasteiger partial charge >= 0.3 is 0 Å². The van der Waals surface area contributed by atoms with Crippen LogP contribution in [0.2, 0.25) is 0 Å². The zero-order valence-corrected chi connectivity index (χ0v) is 10.8. The van der Waals surface area contributed by atoms with Gasteiger partial charge in [0, 0.05) is 6.92 Å². The number of carbonyl (C=O) groups excluding carboxylic acids is 1. The molecule has 0 radical (unpaired) electrons. The third kappa shape index (κ3) is 4.36. The normalized spacial score (nSPS) is 13.4. The Labute approximate surface area is 111 Å². The standard InChI is InChI=1S/C13H15ClN2O2/c1-9(17)16-12(13(18)7-14)6-10-2-4-11(8-15)5-3-10/h2-5,12-13,18H,6-7H2,1H3,(H,16,17)/t12?,13-/m1/s1. The number of aliphatic hydroxyl groups is 1. The SMILES string of the molecule is CC(=O)NC(Cc1ccc(C#N)cc1)[C@H](O)CCl. The molecule has 4 nitrogen and oxygen atoms in total. The first kappa shape index (κ1) is 14.5. The van der Waals surface area contributed by atoms with Gasteiger partial charge < -0.3 is 10.4 Å². The van der Waals surface area contributed by atoms with E-state index in [0.717, 1.165) is 5.56 Å². The Morgan fingerprint density at radius 2 is 2.11 bits per heavy atom. The molecule has 1 unspecified atom stereocenters. The van der Waals surface area contributed by atoms with Crippen molar-refractivity contribution in [2.24, 2.45) is 0 Å². The molecule has 1 aromatic carbocycles. The first-order valence-electron chi connectivity index (χ1n) is 5.57. The minimum Gasteiger partial charge on any atom is -0.390 e. The van der Waals surface area contributed by atoms with Gasteiger partial charge in [0.2, 0.25) is 5.91 Å². The van der Waals surface area contributed by atoms with E-state index in [4.69, 9.17) is 16.9 Å². The lowest BCUT2D eigenvalue weighted by molar-refractivity contribution is -0.120. The molecule has 2 atom stereocenters. The summed E-state index contributed by atoms with van der Waals surface area (Å²) < 4.78 is 0. The van der Waals surface area contributed by atoms with Crippen LogP contribution in [0.4, 0.5) is 0 Å². The van der Waals surface area contributed by atoms with Crippen LogP contribution in [0.3, 0.4) is 0 Å². The summed E-state index contributed by atoms with van der Waals surface area (Å²) in [6.45, 7) is 1.40. The van der Waals surface area contributed by atoms with Crippen molar-refractivity contribution in [2.45, 2.75) is 25.5 Å². The van der Waals surface area contributed by atoms with E-state index in [2.05, 4.69) is 5.32 Å². The largest absolute Gasteiger partial charge is 0.390 e. The zero-order chi connectivity index (χ0) is 13.5. The Kier molecular flexibility index (Phi) is 5.63. The molecule has 0 spiro atoms. The van der Waals surface area contributed by atoms with Crippen LogP contribution in [0.15, 0.2) is 24.3 Å². The Hall–Kier alpha value is -1.57. The summed E-state index contributed by atoms with van der Waals surface area (Å²) in [5.74, 6) is -0.154. The quantitative estimate of drug-likeness (QED) is 0.787. The molecule has 18 heavy (non-hydrogen) atoms. The Morgan fingerprint density at radius 1 is 1.50 bits per heavy atom. The summed E-state index contributed by atoms with van der Waals surface area (Å²) in [4.78, 5) is 11.1. The van der Waals surface area contributed by atoms with E-state index in [1.165, 1.54) is 6.92 Å². The van der Waals surface area contributed by atoms with Gasteiger partial charge in [-0.3, -0.25) is 4.79 Å². The molecule has 0 saturated carbocycles. The molecule has 0 fully saturated rings. The average Bonchev–Trinajstić information content (AvgIpc) is 2.37. The highest BCUT2D eigenvalue weighted by Crippen LogP contribution is 2.09. The fraction of sp³-hybridized carbons (Fsp3) is 0.385. The van der Waals surface area contributed by atoms with Gasteiger partial charge in [-0.05, 0) is 24.1 Å².